The van der Waals surface area contributed by atoms with Crippen LogP contribution in [-0.4, -0.2) is 12.5 Å². The Balaban J connectivity index is 2.49. The third kappa shape index (κ3) is 1.76. The van der Waals surface area contributed by atoms with Gasteiger partial charge in [-0.05, 0) is 38.5 Å². The van der Waals surface area contributed by atoms with Gasteiger partial charge in [-0.3, -0.25) is 4.79 Å². The molecule has 2 rings (SSSR count). The molecule has 0 radical (unpaired) electrons. The summed E-state index contributed by atoms with van der Waals surface area (Å²) in [5.74, 6) is 0.0282. The summed E-state index contributed by atoms with van der Waals surface area (Å²) >= 11 is 6.05. The fraction of sp³-hybridized carbons (Fsp3) is 0.417. The Labute approximate surface area is 100 Å². The minimum Gasteiger partial charge on any atom is -0.382 e. The summed E-state index contributed by atoms with van der Waals surface area (Å²) in [6, 6.07) is 3.63. The molecule has 4 heteroatoms. The van der Waals surface area contributed by atoms with Crippen LogP contribution in [0, 0.1) is 12.3 Å². The molecule has 0 saturated heterocycles. The van der Waals surface area contributed by atoms with Crippen molar-refractivity contribution in [2.75, 3.05) is 17.2 Å². The van der Waals surface area contributed by atoms with Gasteiger partial charge in [0.1, 0.15) is 0 Å². The first-order valence-electron chi connectivity index (χ1n) is 5.26. The molecule has 0 aliphatic carbocycles. The zero-order valence-electron chi connectivity index (χ0n) is 9.65. The van der Waals surface area contributed by atoms with E-state index in [1.165, 1.54) is 0 Å². The molecule has 16 heavy (non-hydrogen) atoms. The first-order chi connectivity index (χ1) is 7.42. The molecule has 1 aliphatic heterocycles. The zero-order chi connectivity index (χ0) is 11.9. The van der Waals surface area contributed by atoms with Gasteiger partial charge in [-0.15, -0.1) is 0 Å². The minimum atomic E-state index is -0.419. The van der Waals surface area contributed by atoms with Crippen LogP contribution < -0.4 is 10.6 Å². The molecule has 1 aromatic rings. The molecule has 0 atom stereocenters. The molecule has 0 unspecified atom stereocenters. The Morgan fingerprint density at radius 3 is 2.75 bits per heavy atom. The van der Waals surface area contributed by atoms with Gasteiger partial charge in [-0.25, -0.2) is 0 Å². The Hall–Kier alpha value is -1.22. The summed E-state index contributed by atoms with van der Waals surface area (Å²) in [5, 5.41) is 6.92. The van der Waals surface area contributed by atoms with Crippen molar-refractivity contribution in [3.05, 3.63) is 22.7 Å². The maximum absolute atomic E-state index is 11.9. The molecule has 0 bridgehead atoms. The second-order valence-electron chi connectivity index (χ2n) is 4.79. The van der Waals surface area contributed by atoms with Gasteiger partial charge in [0.15, 0.2) is 0 Å². The van der Waals surface area contributed by atoms with E-state index in [4.69, 9.17) is 11.6 Å². The number of benzene rings is 1. The maximum atomic E-state index is 11.9. The molecule has 3 nitrogen and oxygen atoms in total. The monoisotopic (exact) mass is 238 g/mol. The summed E-state index contributed by atoms with van der Waals surface area (Å²) in [5.41, 5.74) is 2.28. The van der Waals surface area contributed by atoms with Crippen LogP contribution in [0.5, 0.6) is 0 Å². The lowest BCUT2D eigenvalue weighted by molar-refractivity contribution is -0.123. The summed E-state index contributed by atoms with van der Waals surface area (Å²) in [6.45, 7) is 6.38. The zero-order valence-corrected chi connectivity index (χ0v) is 10.4. The van der Waals surface area contributed by atoms with E-state index in [2.05, 4.69) is 10.6 Å². The van der Waals surface area contributed by atoms with Crippen molar-refractivity contribution in [1.29, 1.82) is 0 Å². The van der Waals surface area contributed by atoms with Crippen LogP contribution in [0.15, 0.2) is 12.1 Å². The van der Waals surface area contributed by atoms with E-state index in [0.717, 1.165) is 16.9 Å². The van der Waals surface area contributed by atoms with Gasteiger partial charge in [0.05, 0.1) is 16.8 Å². The average Bonchev–Trinajstić information content (AvgIpc) is 2.32. The predicted molar refractivity (Wildman–Crippen MR) is 67.1 cm³/mol. The van der Waals surface area contributed by atoms with E-state index < -0.39 is 5.41 Å². The van der Waals surface area contributed by atoms with Crippen LogP contribution in [-0.2, 0) is 4.79 Å². The first-order valence-corrected chi connectivity index (χ1v) is 5.64. The Morgan fingerprint density at radius 2 is 2.06 bits per heavy atom. The molecule has 86 valence electrons. The van der Waals surface area contributed by atoms with Crippen LogP contribution in [0.4, 0.5) is 11.4 Å². The summed E-state index contributed by atoms with van der Waals surface area (Å²) in [4.78, 5) is 11.9. The molecule has 1 aromatic carbocycles. The lowest BCUT2D eigenvalue weighted by Gasteiger charge is -2.19. The number of hydrogen-bond donors (Lipinski definition) is 2. The summed E-state index contributed by atoms with van der Waals surface area (Å²) < 4.78 is 0. The van der Waals surface area contributed by atoms with Gasteiger partial charge < -0.3 is 10.6 Å². The van der Waals surface area contributed by atoms with E-state index in [9.17, 15) is 4.79 Å². The molecule has 1 amide bonds. The van der Waals surface area contributed by atoms with Crippen molar-refractivity contribution < 1.29 is 4.79 Å². The van der Waals surface area contributed by atoms with E-state index in [1.54, 1.807) is 6.07 Å². The normalized spacial score (nSPS) is 18.1. The second-order valence-corrected chi connectivity index (χ2v) is 5.19. The van der Waals surface area contributed by atoms with Crippen molar-refractivity contribution in [2.24, 2.45) is 5.41 Å². The highest BCUT2D eigenvalue weighted by Crippen LogP contribution is 2.35. The third-order valence-corrected chi connectivity index (χ3v) is 3.38. The smallest absolute Gasteiger partial charge is 0.231 e. The molecule has 0 fully saturated rings. The number of carbonyl (C=O) groups excluding carboxylic acids is 1. The largest absolute Gasteiger partial charge is 0.382 e. The number of hydrogen-bond acceptors (Lipinski definition) is 2. The number of halogens is 1. The van der Waals surface area contributed by atoms with Crippen LogP contribution in [0.25, 0.3) is 0 Å². The van der Waals surface area contributed by atoms with Crippen molar-refractivity contribution in [1.82, 2.24) is 0 Å². The molecule has 0 spiro atoms. The number of rotatable bonds is 0. The SMILES string of the molecule is Cc1c(Cl)ccc2c1NCC(C)(C)C(=O)N2. The van der Waals surface area contributed by atoms with Crippen LogP contribution >= 0.6 is 11.6 Å². The minimum absolute atomic E-state index is 0.0282. The van der Waals surface area contributed by atoms with Crippen molar-refractivity contribution in [3.8, 4) is 0 Å². The van der Waals surface area contributed by atoms with Crippen molar-refractivity contribution >= 4 is 28.9 Å². The standard InChI is InChI=1S/C12H15ClN2O/c1-7-8(13)4-5-9-10(7)14-6-12(2,3)11(16)15-9/h4-5,14H,6H2,1-3H3,(H,15,16). The molecule has 1 heterocycles. The lowest BCUT2D eigenvalue weighted by atomic mass is 9.93. The molecule has 0 aromatic heterocycles. The van der Waals surface area contributed by atoms with Gasteiger partial charge in [0.25, 0.3) is 0 Å². The van der Waals surface area contributed by atoms with Crippen LogP contribution in [0.3, 0.4) is 0 Å². The fourth-order valence-corrected chi connectivity index (χ4v) is 1.86. The van der Waals surface area contributed by atoms with Gasteiger partial charge in [-0.1, -0.05) is 11.6 Å². The number of nitrogens with one attached hydrogen (secondary N) is 2. The predicted octanol–water partition coefficient (Wildman–Crippen LogP) is 3.04. The van der Waals surface area contributed by atoms with Crippen molar-refractivity contribution in [3.63, 3.8) is 0 Å². The summed E-state index contributed by atoms with van der Waals surface area (Å²) in [7, 11) is 0. The van der Waals surface area contributed by atoms with E-state index in [-0.39, 0.29) is 5.91 Å². The molecular formula is C12H15ClN2O. The molecule has 1 aliphatic rings. The number of anilines is 2. The highest BCUT2D eigenvalue weighted by Gasteiger charge is 2.31. The highest BCUT2D eigenvalue weighted by atomic mass is 35.5. The van der Waals surface area contributed by atoms with Crippen LogP contribution in [0.1, 0.15) is 19.4 Å². The molecule has 0 saturated carbocycles. The highest BCUT2D eigenvalue weighted by molar-refractivity contribution is 6.32. The Kier molecular flexibility index (Phi) is 2.58. The van der Waals surface area contributed by atoms with Crippen molar-refractivity contribution in [2.45, 2.75) is 20.8 Å². The van der Waals surface area contributed by atoms with E-state index >= 15 is 0 Å². The second kappa shape index (κ2) is 3.67. The van der Waals surface area contributed by atoms with E-state index in [0.29, 0.717) is 11.6 Å². The van der Waals surface area contributed by atoms with Gasteiger partial charge in [-0.2, -0.15) is 0 Å². The van der Waals surface area contributed by atoms with Gasteiger partial charge >= 0.3 is 0 Å². The van der Waals surface area contributed by atoms with E-state index in [1.807, 2.05) is 26.8 Å². The van der Waals surface area contributed by atoms with Gasteiger partial charge in [0.2, 0.25) is 5.91 Å². The summed E-state index contributed by atoms with van der Waals surface area (Å²) in [6.07, 6.45) is 0. The number of fused-ring (bicyclic) bond motifs is 1. The number of carbonyl (C=O) groups is 1. The van der Waals surface area contributed by atoms with Gasteiger partial charge in [0, 0.05) is 11.6 Å². The lowest BCUT2D eigenvalue weighted by Crippen LogP contribution is -2.34. The topological polar surface area (TPSA) is 41.1 Å². The molecule has 2 N–H and O–H groups in total. The Bertz CT molecular complexity index is 455. The third-order valence-electron chi connectivity index (χ3n) is 2.97. The molecular weight excluding hydrogens is 224 g/mol. The maximum Gasteiger partial charge on any atom is 0.231 e. The Morgan fingerprint density at radius 1 is 1.38 bits per heavy atom. The average molecular weight is 239 g/mol. The van der Waals surface area contributed by atoms with Crippen LogP contribution in [0.2, 0.25) is 5.02 Å². The number of amides is 1. The quantitative estimate of drug-likeness (QED) is 0.730. The first kappa shape index (κ1) is 11.3. The fourth-order valence-electron chi connectivity index (χ4n) is 1.70.